The molecule has 170 valence electrons. The molecular weight excluding hydrogens is 416 g/mol. The predicted octanol–water partition coefficient (Wildman–Crippen LogP) is 3.14. The van der Waals surface area contributed by atoms with Gasteiger partial charge in [-0.3, -0.25) is 9.59 Å². The fourth-order valence-corrected chi connectivity index (χ4v) is 3.89. The Morgan fingerprint density at radius 2 is 1.70 bits per heavy atom. The van der Waals surface area contributed by atoms with Crippen molar-refractivity contribution in [1.29, 1.82) is 0 Å². The summed E-state index contributed by atoms with van der Waals surface area (Å²) < 4.78 is 2.97. The molecular formula is C25H28N6O2. The summed E-state index contributed by atoms with van der Waals surface area (Å²) in [5.41, 5.74) is 4.34. The van der Waals surface area contributed by atoms with Crippen LogP contribution in [0.1, 0.15) is 29.9 Å². The Labute approximate surface area is 192 Å². The molecule has 2 heterocycles. The average Bonchev–Trinajstić information content (AvgIpc) is 3.18. The number of benzene rings is 2. The topological polar surface area (TPSA) is 85.1 Å². The first-order valence-corrected chi connectivity index (χ1v) is 10.9. The van der Waals surface area contributed by atoms with E-state index in [-0.39, 0.29) is 11.5 Å². The molecule has 2 aromatic heterocycles. The van der Waals surface area contributed by atoms with Crippen LogP contribution >= 0.6 is 0 Å². The van der Waals surface area contributed by atoms with Crippen LogP contribution in [0.4, 0.5) is 5.69 Å². The van der Waals surface area contributed by atoms with E-state index in [4.69, 9.17) is 0 Å². The van der Waals surface area contributed by atoms with Gasteiger partial charge in [-0.1, -0.05) is 30.3 Å². The van der Waals surface area contributed by atoms with Crippen LogP contribution in [-0.4, -0.2) is 39.6 Å². The van der Waals surface area contributed by atoms with Crippen molar-refractivity contribution in [1.82, 2.24) is 24.9 Å². The molecule has 0 radical (unpaired) electrons. The summed E-state index contributed by atoms with van der Waals surface area (Å²) in [6.45, 7) is 5.79. The van der Waals surface area contributed by atoms with Gasteiger partial charge < -0.3 is 10.2 Å². The molecule has 1 N–H and O–H groups in total. The van der Waals surface area contributed by atoms with Gasteiger partial charge in [-0.2, -0.15) is 10.2 Å². The van der Waals surface area contributed by atoms with Gasteiger partial charge in [0.15, 0.2) is 5.52 Å². The SMILES string of the molecule is Cc1nn([C@H](C)C(=O)NCc2ccc(N(C)C)cc2)c(=O)c2nn(-c3ccccc3)c(C)c12. The molecule has 0 saturated carbocycles. The summed E-state index contributed by atoms with van der Waals surface area (Å²) >= 11 is 0. The minimum atomic E-state index is -0.774. The smallest absolute Gasteiger partial charge is 0.295 e. The number of nitrogens with zero attached hydrogens (tertiary/aromatic N) is 5. The van der Waals surface area contributed by atoms with Crippen molar-refractivity contribution in [2.45, 2.75) is 33.4 Å². The number of aryl methyl sites for hydroxylation is 2. The maximum atomic E-state index is 13.2. The number of fused-ring (bicyclic) bond motifs is 1. The van der Waals surface area contributed by atoms with Gasteiger partial charge in [0.2, 0.25) is 5.91 Å². The van der Waals surface area contributed by atoms with Crippen molar-refractivity contribution >= 4 is 22.5 Å². The van der Waals surface area contributed by atoms with E-state index < -0.39 is 6.04 Å². The number of amides is 1. The highest BCUT2D eigenvalue weighted by Gasteiger charge is 2.23. The molecule has 2 aromatic carbocycles. The van der Waals surface area contributed by atoms with Gasteiger partial charge in [0.25, 0.3) is 5.56 Å². The molecule has 0 saturated heterocycles. The third kappa shape index (κ3) is 4.24. The standard InChI is InChI=1S/C25H28N6O2/c1-16-22-17(2)30(21-9-7-6-8-10-21)28-23(22)25(33)31(27-16)18(3)24(32)26-15-19-11-13-20(14-12-19)29(4)5/h6-14,18H,15H2,1-5H3,(H,26,32)/t18-/m1/s1. The zero-order valence-electron chi connectivity index (χ0n) is 19.5. The maximum absolute atomic E-state index is 13.2. The first kappa shape index (κ1) is 22.3. The fourth-order valence-electron chi connectivity index (χ4n) is 3.89. The number of nitrogens with one attached hydrogen (secondary N) is 1. The Morgan fingerprint density at radius 3 is 2.33 bits per heavy atom. The van der Waals surface area contributed by atoms with Gasteiger partial charge in [0.1, 0.15) is 6.04 Å². The van der Waals surface area contributed by atoms with Crippen LogP contribution in [0, 0.1) is 13.8 Å². The van der Waals surface area contributed by atoms with Crippen LogP contribution in [0.5, 0.6) is 0 Å². The molecule has 0 spiro atoms. The Morgan fingerprint density at radius 1 is 1.03 bits per heavy atom. The van der Waals surface area contributed by atoms with E-state index >= 15 is 0 Å². The minimum absolute atomic E-state index is 0.278. The Bertz CT molecular complexity index is 1350. The Hall–Kier alpha value is -3.94. The minimum Gasteiger partial charge on any atom is -0.378 e. The highest BCUT2D eigenvalue weighted by atomic mass is 16.2. The lowest BCUT2D eigenvalue weighted by Crippen LogP contribution is -2.37. The van der Waals surface area contributed by atoms with Crippen LogP contribution in [0.15, 0.2) is 59.4 Å². The zero-order valence-corrected chi connectivity index (χ0v) is 19.5. The lowest BCUT2D eigenvalue weighted by Gasteiger charge is -2.16. The number of hydrogen-bond acceptors (Lipinski definition) is 5. The number of aromatic nitrogens is 4. The molecule has 0 aliphatic heterocycles. The third-order valence-electron chi connectivity index (χ3n) is 5.81. The molecule has 8 heteroatoms. The molecule has 0 aliphatic carbocycles. The van der Waals surface area contributed by atoms with Crippen molar-refractivity contribution in [2.24, 2.45) is 0 Å². The van der Waals surface area contributed by atoms with Crippen molar-refractivity contribution in [3.63, 3.8) is 0 Å². The van der Waals surface area contributed by atoms with Crippen LogP contribution in [-0.2, 0) is 11.3 Å². The lowest BCUT2D eigenvalue weighted by atomic mass is 10.2. The second-order valence-corrected chi connectivity index (χ2v) is 8.35. The van der Waals surface area contributed by atoms with Gasteiger partial charge in [-0.05, 0) is 50.6 Å². The van der Waals surface area contributed by atoms with E-state index in [0.717, 1.165) is 22.6 Å². The number of rotatable bonds is 6. The highest BCUT2D eigenvalue weighted by molar-refractivity contribution is 5.84. The molecule has 0 fully saturated rings. The first-order valence-electron chi connectivity index (χ1n) is 10.9. The fraction of sp³-hybridized carbons (Fsp3) is 0.280. The Kier molecular flexibility index (Phi) is 6.00. The Balaban J connectivity index is 1.60. The van der Waals surface area contributed by atoms with Gasteiger partial charge in [-0.25, -0.2) is 9.36 Å². The van der Waals surface area contributed by atoms with Crippen LogP contribution < -0.4 is 15.8 Å². The molecule has 4 rings (SSSR count). The number of anilines is 1. The van der Waals surface area contributed by atoms with E-state index in [1.54, 1.807) is 11.6 Å². The monoisotopic (exact) mass is 444 g/mol. The summed E-state index contributed by atoms with van der Waals surface area (Å²) in [5.74, 6) is -0.278. The predicted molar refractivity (Wildman–Crippen MR) is 130 cm³/mol. The summed E-state index contributed by atoms with van der Waals surface area (Å²) in [5, 5.41) is 12.7. The summed E-state index contributed by atoms with van der Waals surface area (Å²) in [6.07, 6.45) is 0. The highest BCUT2D eigenvalue weighted by Crippen LogP contribution is 2.21. The molecule has 4 aromatic rings. The lowest BCUT2D eigenvalue weighted by molar-refractivity contribution is -0.124. The van der Waals surface area contributed by atoms with Crippen LogP contribution in [0.2, 0.25) is 0 Å². The number of para-hydroxylation sites is 1. The van der Waals surface area contributed by atoms with Crippen molar-refractivity contribution < 1.29 is 4.79 Å². The van der Waals surface area contributed by atoms with E-state index in [1.807, 2.05) is 87.4 Å². The largest absolute Gasteiger partial charge is 0.378 e. The normalized spacial score (nSPS) is 12.0. The molecule has 1 atom stereocenters. The van der Waals surface area contributed by atoms with Crippen LogP contribution in [0.3, 0.4) is 0 Å². The van der Waals surface area contributed by atoms with E-state index in [2.05, 4.69) is 15.5 Å². The van der Waals surface area contributed by atoms with E-state index in [0.29, 0.717) is 23.1 Å². The summed E-state index contributed by atoms with van der Waals surface area (Å²) in [6, 6.07) is 16.8. The van der Waals surface area contributed by atoms with Gasteiger partial charge >= 0.3 is 0 Å². The number of carbonyl (C=O) groups excluding carboxylic acids is 1. The second-order valence-electron chi connectivity index (χ2n) is 8.35. The average molecular weight is 445 g/mol. The van der Waals surface area contributed by atoms with Gasteiger partial charge in [-0.15, -0.1) is 0 Å². The second kappa shape index (κ2) is 8.90. The quantitative estimate of drug-likeness (QED) is 0.494. The first-order chi connectivity index (χ1) is 15.8. The molecule has 0 unspecified atom stereocenters. The van der Waals surface area contributed by atoms with Crippen molar-refractivity contribution in [3.05, 3.63) is 81.9 Å². The molecule has 8 nitrogen and oxygen atoms in total. The maximum Gasteiger partial charge on any atom is 0.295 e. The third-order valence-corrected chi connectivity index (χ3v) is 5.81. The summed E-state index contributed by atoms with van der Waals surface area (Å²) in [7, 11) is 3.96. The van der Waals surface area contributed by atoms with E-state index in [1.165, 1.54) is 4.68 Å². The molecule has 33 heavy (non-hydrogen) atoms. The van der Waals surface area contributed by atoms with Gasteiger partial charge in [0.05, 0.1) is 22.5 Å². The van der Waals surface area contributed by atoms with Crippen molar-refractivity contribution in [2.75, 3.05) is 19.0 Å². The molecule has 0 bridgehead atoms. The van der Waals surface area contributed by atoms with E-state index in [9.17, 15) is 9.59 Å². The summed E-state index contributed by atoms with van der Waals surface area (Å²) in [4.78, 5) is 28.1. The zero-order chi connectivity index (χ0) is 23.7. The van der Waals surface area contributed by atoms with Crippen molar-refractivity contribution in [3.8, 4) is 5.69 Å². The van der Waals surface area contributed by atoms with Gasteiger partial charge in [0, 0.05) is 26.3 Å². The number of carbonyl (C=O) groups is 1. The number of hydrogen-bond donors (Lipinski definition) is 1. The molecule has 1 amide bonds. The van der Waals surface area contributed by atoms with Crippen LogP contribution in [0.25, 0.3) is 16.6 Å². The molecule has 0 aliphatic rings.